The molecule has 0 spiro atoms. The molecule has 1 aliphatic rings. The van der Waals surface area contributed by atoms with Crippen molar-refractivity contribution in [3.63, 3.8) is 0 Å². The number of ether oxygens (including phenoxy) is 1. The average molecular weight is 364 g/mol. The third kappa shape index (κ3) is 2.88. The van der Waals surface area contributed by atoms with Crippen LogP contribution < -0.4 is 0 Å². The summed E-state index contributed by atoms with van der Waals surface area (Å²) in [5, 5.41) is 9.06. The van der Waals surface area contributed by atoms with E-state index in [0.717, 1.165) is 0 Å². The Bertz CT molecular complexity index is 631. The highest BCUT2D eigenvalue weighted by molar-refractivity contribution is 9.10. The van der Waals surface area contributed by atoms with E-state index in [4.69, 9.17) is 9.84 Å². The number of rotatable bonds is 3. The summed E-state index contributed by atoms with van der Waals surface area (Å²) in [7, 11) is -3.71. The van der Waals surface area contributed by atoms with Gasteiger partial charge in [0.15, 0.2) is 0 Å². The first-order valence-corrected chi connectivity index (χ1v) is 8.20. The number of carboxylic acids is 1. The second kappa shape index (κ2) is 5.80. The Balaban J connectivity index is 2.44. The van der Waals surface area contributed by atoms with Gasteiger partial charge in [-0.15, -0.1) is 0 Å². The van der Waals surface area contributed by atoms with Gasteiger partial charge in [0.2, 0.25) is 10.0 Å². The summed E-state index contributed by atoms with van der Waals surface area (Å²) >= 11 is 3.10. The first kappa shape index (κ1) is 15.4. The lowest BCUT2D eigenvalue weighted by molar-refractivity contribution is 0.0392. The molecule has 1 heterocycles. The van der Waals surface area contributed by atoms with Crippen LogP contribution in [0.1, 0.15) is 17.3 Å². The van der Waals surface area contributed by atoms with Gasteiger partial charge in [0.05, 0.1) is 23.7 Å². The second-order valence-electron chi connectivity index (χ2n) is 4.49. The maximum atomic E-state index is 12.5. The van der Waals surface area contributed by atoms with Crippen molar-refractivity contribution in [2.24, 2.45) is 0 Å². The van der Waals surface area contributed by atoms with E-state index in [9.17, 15) is 13.2 Å². The molecule has 0 aliphatic carbocycles. The molecule has 1 atom stereocenters. The monoisotopic (exact) mass is 363 g/mol. The predicted molar refractivity (Wildman–Crippen MR) is 75.3 cm³/mol. The molecule has 20 heavy (non-hydrogen) atoms. The highest BCUT2D eigenvalue weighted by Crippen LogP contribution is 2.25. The first-order chi connectivity index (χ1) is 9.34. The van der Waals surface area contributed by atoms with Crippen LogP contribution in [0.3, 0.4) is 0 Å². The summed E-state index contributed by atoms with van der Waals surface area (Å²) in [6.45, 7) is 2.70. The van der Waals surface area contributed by atoms with E-state index in [2.05, 4.69) is 15.9 Å². The molecule has 0 aromatic heterocycles. The fourth-order valence-electron chi connectivity index (χ4n) is 2.03. The largest absolute Gasteiger partial charge is 0.478 e. The van der Waals surface area contributed by atoms with Gasteiger partial charge >= 0.3 is 5.97 Å². The molecule has 0 amide bonds. The summed E-state index contributed by atoms with van der Waals surface area (Å²) in [6.07, 6.45) is 0. The van der Waals surface area contributed by atoms with Crippen molar-refractivity contribution in [1.29, 1.82) is 0 Å². The summed E-state index contributed by atoms with van der Waals surface area (Å²) in [6, 6.07) is 3.73. The lowest BCUT2D eigenvalue weighted by Gasteiger charge is -2.32. The summed E-state index contributed by atoms with van der Waals surface area (Å²) in [5.41, 5.74) is -0.0769. The van der Waals surface area contributed by atoms with Crippen molar-refractivity contribution < 1.29 is 23.1 Å². The number of hydrogen-bond acceptors (Lipinski definition) is 4. The molecule has 8 heteroatoms. The SMILES string of the molecule is C[C@@H]1COCCN1S(=O)(=O)c1ccc(Br)c(C(=O)O)c1. The van der Waals surface area contributed by atoms with E-state index in [-0.39, 0.29) is 23.0 Å². The van der Waals surface area contributed by atoms with Crippen LogP contribution in [-0.2, 0) is 14.8 Å². The van der Waals surface area contributed by atoms with Gasteiger partial charge in [-0.2, -0.15) is 4.31 Å². The molecule has 1 fully saturated rings. The zero-order valence-electron chi connectivity index (χ0n) is 10.7. The van der Waals surface area contributed by atoms with Crippen molar-refractivity contribution in [2.45, 2.75) is 17.9 Å². The molecule has 1 aromatic rings. The van der Waals surface area contributed by atoms with E-state index < -0.39 is 16.0 Å². The van der Waals surface area contributed by atoms with Crippen LogP contribution in [0.5, 0.6) is 0 Å². The van der Waals surface area contributed by atoms with Crippen LogP contribution in [-0.4, -0.2) is 49.6 Å². The minimum atomic E-state index is -3.71. The maximum absolute atomic E-state index is 12.5. The number of carboxylic acid groups (broad SMARTS) is 1. The molecule has 0 unspecified atom stereocenters. The molecule has 1 aromatic carbocycles. The van der Waals surface area contributed by atoms with Crippen LogP contribution in [0.2, 0.25) is 0 Å². The van der Waals surface area contributed by atoms with Gasteiger partial charge in [0, 0.05) is 17.1 Å². The van der Waals surface area contributed by atoms with Crippen LogP contribution in [0, 0.1) is 0 Å². The van der Waals surface area contributed by atoms with Crippen molar-refractivity contribution in [3.8, 4) is 0 Å². The molecule has 0 radical (unpaired) electrons. The number of morpholine rings is 1. The molecule has 1 N–H and O–H groups in total. The van der Waals surface area contributed by atoms with Crippen LogP contribution in [0.15, 0.2) is 27.6 Å². The molecule has 6 nitrogen and oxygen atoms in total. The zero-order valence-corrected chi connectivity index (χ0v) is 13.1. The lowest BCUT2D eigenvalue weighted by atomic mass is 10.2. The molecule has 2 rings (SSSR count). The Morgan fingerprint density at radius 3 is 2.80 bits per heavy atom. The minimum absolute atomic E-state index is 0.0214. The Labute approximate surface area is 125 Å². The number of aromatic carboxylic acids is 1. The normalized spacial score (nSPS) is 20.8. The van der Waals surface area contributed by atoms with Crippen LogP contribution >= 0.6 is 15.9 Å². The molecule has 1 aliphatic heterocycles. The Hall–Kier alpha value is -0.960. The smallest absolute Gasteiger partial charge is 0.336 e. The molecule has 110 valence electrons. The number of nitrogens with zero attached hydrogens (tertiary/aromatic N) is 1. The van der Waals surface area contributed by atoms with Crippen LogP contribution in [0.4, 0.5) is 0 Å². The standard InChI is InChI=1S/C12H14BrNO5S/c1-8-7-19-5-4-14(8)20(17,18)9-2-3-11(13)10(6-9)12(15)16/h2-3,6,8H,4-5,7H2,1H3,(H,15,16)/t8-/m1/s1. The topological polar surface area (TPSA) is 83.9 Å². The van der Waals surface area contributed by atoms with E-state index in [1.807, 2.05) is 0 Å². The third-order valence-corrected chi connectivity index (χ3v) is 5.78. The fraction of sp³-hybridized carbons (Fsp3) is 0.417. The van der Waals surface area contributed by atoms with Crippen molar-refractivity contribution in [3.05, 3.63) is 28.2 Å². The molecule has 0 bridgehead atoms. The second-order valence-corrected chi connectivity index (χ2v) is 7.23. The van der Waals surface area contributed by atoms with Crippen molar-refractivity contribution >= 4 is 31.9 Å². The number of benzene rings is 1. The molecule has 1 saturated heterocycles. The third-order valence-electron chi connectivity index (χ3n) is 3.08. The lowest BCUT2D eigenvalue weighted by Crippen LogP contribution is -2.46. The fourth-order valence-corrected chi connectivity index (χ4v) is 4.08. The Morgan fingerprint density at radius 2 is 2.20 bits per heavy atom. The minimum Gasteiger partial charge on any atom is -0.478 e. The van der Waals surface area contributed by atoms with Gasteiger partial charge in [-0.3, -0.25) is 0 Å². The van der Waals surface area contributed by atoms with Gasteiger partial charge in [-0.1, -0.05) is 0 Å². The van der Waals surface area contributed by atoms with Crippen LogP contribution in [0.25, 0.3) is 0 Å². The van der Waals surface area contributed by atoms with Gasteiger partial charge in [-0.05, 0) is 41.1 Å². The Kier molecular flexibility index (Phi) is 4.48. The quantitative estimate of drug-likeness (QED) is 0.880. The van der Waals surface area contributed by atoms with E-state index in [1.165, 1.54) is 22.5 Å². The predicted octanol–water partition coefficient (Wildman–Crippen LogP) is 1.56. The highest BCUT2D eigenvalue weighted by atomic mass is 79.9. The first-order valence-electron chi connectivity index (χ1n) is 5.96. The van der Waals surface area contributed by atoms with E-state index >= 15 is 0 Å². The van der Waals surface area contributed by atoms with Crippen molar-refractivity contribution in [1.82, 2.24) is 4.31 Å². The van der Waals surface area contributed by atoms with Crippen molar-refractivity contribution in [2.75, 3.05) is 19.8 Å². The number of carbonyl (C=O) groups is 1. The number of sulfonamides is 1. The van der Waals surface area contributed by atoms with Gasteiger partial charge in [-0.25, -0.2) is 13.2 Å². The Morgan fingerprint density at radius 1 is 1.50 bits per heavy atom. The molecular formula is C12H14BrNO5S. The molecule has 0 saturated carbocycles. The summed E-state index contributed by atoms with van der Waals surface area (Å²) < 4.78 is 32.0. The summed E-state index contributed by atoms with van der Waals surface area (Å²) in [4.78, 5) is 11.1. The van der Waals surface area contributed by atoms with E-state index in [1.54, 1.807) is 6.92 Å². The number of hydrogen-bond donors (Lipinski definition) is 1. The molecular weight excluding hydrogens is 350 g/mol. The summed E-state index contributed by atoms with van der Waals surface area (Å²) in [5.74, 6) is -1.18. The van der Waals surface area contributed by atoms with Gasteiger partial charge < -0.3 is 9.84 Å². The highest BCUT2D eigenvalue weighted by Gasteiger charge is 2.32. The van der Waals surface area contributed by atoms with Gasteiger partial charge in [0.1, 0.15) is 0 Å². The number of halogens is 1. The average Bonchev–Trinajstić information content (AvgIpc) is 2.38. The zero-order chi connectivity index (χ0) is 14.9. The maximum Gasteiger partial charge on any atom is 0.336 e. The van der Waals surface area contributed by atoms with E-state index in [0.29, 0.717) is 17.7 Å². The van der Waals surface area contributed by atoms with Gasteiger partial charge in [0.25, 0.3) is 0 Å².